The van der Waals surface area contributed by atoms with E-state index in [1.54, 1.807) is 11.3 Å². The van der Waals surface area contributed by atoms with Crippen LogP contribution < -0.4 is 0 Å². The van der Waals surface area contributed by atoms with Crippen molar-refractivity contribution in [3.05, 3.63) is 55.6 Å². The van der Waals surface area contributed by atoms with Crippen LogP contribution in [0, 0.1) is 5.92 Å². The molecule has 1 aromatic carbocycles. The first-order chi connectivity index (χ1) is 8.66. The molecule has 0 saturated heterocycles. The summed E-state index contributed by atoms with van der Waals surface area (Å²) in [7, 11) is 0. The van der Waals surface area contributed by atoms with Crippen LogP contribution >= 0.6 is 50.5 Å². The van der Waals surface area contributed by atoms with Gasteiger partial charge < -0.3 is 0 Å². The van der Waals surface area contributed by atoms with Crippen molar-refractivity contribution in [3.8, 4) is 0 Å². The molecule has 94 valence electrons. The van der Waals surface area contributed by atoms with Gasteiger partial charge in [0.1, 0.15) is 4.34 Å². The predicted octanol–water partition coefficient (Wildman–Crippen LogP) is 6.25. The second kappa shape index (κ2) is 5.16. The van der Waals surface area contributed by atoms with E-state index in [0.29, 0.717) is 11.8 Å². The average molecular weight is 362 g/mol. The first-order valence-corrected chi connectivity index (χ1v) is 8.23. The van der Waals surface area contributed by atoms with Crippen LogP contribution in [0.5, 0.6) is 0 Å². The molecule has 1 heterocycles. The summed E-state index contributed by atoms with van der Waals surface area (Å²) in [5.74, 6) is 1.14. The Morgan fingerprint density at radius 3 is 2.61 bits per heavy atom. The van der Waals surface area contributed by atoms with Gasteiger partial charge in [-0.2, -0.15) is 0 Å². The van der Waals surface area contributed by atoms with Crippen LogP contribution in [0.15, 0.2) is 40.9 Å². The summed E-state index contributed by atoms with van der Waals surface area (Å²) in [5, 5.41) is 0.0732. The molecule has 0 spiro atoms. The lowest BCUT2D eigenvalue weighted by Gasteiger charge is -2.06. The second-order valence-electron chi connectivity index (χ2n) is 4.59. The maximum Gasteiger partial charge on any atom is 0.107 e. The number of rotatable bonds is 3. The summed E-state index contributed by atoms with van der Waals surface area (Å²) >= 11 is 17.6. The van der Waals surface area contributed by atoms with Crippen molar-refractivity contribution >= 4 is 50.5 Å². The van der Waals surface area contributed by atoms with E-state index in [2.05, 4.69) is 46.3 Å². The zero-order chi connectivity index (χ0) is 12.7. The molecule has 0 bridgehead atoms. The fourth-order valence-electron chi connectivity index (χ4n) is 2.33. The first-order valence-electron chi connectivity index (χ1n) is 5.80. The molecular weight excluding hydrogens is 351 g/mol. The van der Waals surface area contributed by atoms with Crippen LogP contribution in [0.25, 0.3) is 0 Å². The number of alkyl halides is 1. The minimum Gasteiger partial charge on any atom is -0.126 e. The number of halogens is 3. The molecule has 0 nitrogen and oxygen atoms in total. The van der Waals surface area contributed by atoms with E-state index in [-0.39, 0.29) is 5.38 Å². The van der Waals surface area contributed by atoms with Gasteiger partial charge in [0.05, 0.1) is 5.38 Å². The van der Waals surface area contributed by atoms with Gasteiger partial charge in [0, 0.05) is 9.35 Å². The standard InChI is InChI=1S/C14H11BrCl2S/c15-11-7-12(18-14(11)17)13(16)10-6-9(10)8-4-2-1-3-5-8/h1-5,7,9-10,13H,6H2. The molecule has 0 aliphatic heterocycles. The third kappa shape index (κ3) is 2.49. The van der Waals surface area contributed by atoms with Gasteiger partial charge >= 0.3 is 0 Å². The fraction of sp³-hybridized carbons (Fsp3) is 0.286. The minimum absolute atomic E-state index is 0.0732. The maximum absolute atomic E-state index is 6.56. The van der Waals surface area contributed by atoms with Crippen molar-refractivity contribution in [2.45, 2.75) is 17.7 Å². The molecule has 1 fully saturated rings. The van der Waals surface area contributed by atoms with Gasteiger partial charge in [-0.05, 0) is 45.8 Å². The normalized spacial score (nSPS) is 23.9. The highest BCUT2D eigenvalue weighted by atomic mass is 79.9. The highest BCUT2D eigenvalue weighted by Gasteiger charge is 2.44. The highest BCUT2D eigenvalue weighted by Crippen LogP contribution is 2.57. The SMILES string of the molecule is Clc1sc(C(Cl)C2CC2c2ccccc2)cc1Br. The van der Waals surface area contributed by atoms with Crippen LogP contribution in [0.4, 0.5) is 0 Å². The van der Waals surface area contributed by atoms with Crippen molar-refractivity contribution in [3.63, 3.8) is 0 Å². The monoisotopic (exact) mass is 360 g/mol. The Morgan fingerprint density at radius 1 is 1.28 bits per heavy atom. The topological polar surface area (TPSA) is 0 Å². The largest absolute Gasteiger partial charge is 0.126 e. The van der Waals surface area contributed by atoms with Crippen LogP contribution in [-0.4, -0.2) is 0 Å². The predicted molar refractivity (Wildman–Crippen MR) is 82.9 cm³/mol. The van der Waals surface area contributed by atoms with Crippen molar-refractivity contribution in [2.75, 3.05) is 0 Å². The molecule has 3 atom stereocenters. The Morgan fingerprint density at radius 2 is 2.00 bits per heavy atom. The van der Waals surface area contributed by atoms with E-state index >= 15 is 0 Å². The number of thiophene rings is 1. The Kier molecular flexibility index (Phi) is 3.72. The molecule has 1 aliphatic carbocycles. The second-order valence-corrected chi connectivity index (χ2v) is 7.60. The quantitative estimate of drug-likeness (QED) is 0.567. The number of benzene rings is 1. The Labute approximate surface area is 129 Å². The molecular formula is C14H11BrCl2S. The molecule has 3 unspecified atom stereocenters. The third-order valence-corrected chi connectivity index (χ3v) is 6.63. The molecule has 1 aliphatic rings. The van der Waals surface area contributed by atoms with Crippen LogP contribution in [0.3, 0.4) is 0 Å². The lowest BCUT2D eigenvalue weighted by molar-refractivity contribution is 0.776. The van der Waals surface area contributed by atoms with Gasteiger partial charge in [0.25, 0.3) is 0 Å². The average Bonchev–Trinajstić information content (AvgIpc) is 3.11. The van der Waals surface area contributed by atoms with E-state index in [1.807, 2.05) is 6.07 Å². The van der Waals surface area contributed by atoms with Crippen LogP contribution in [0.2, 0.25) is 4.34 Å². The summed E-state index contributed by atoms with van der Waals surface area (Å²) < 4.78 is 1.74. The Hall–Kier alpha value is -0.0200. The molecule has 2 aromatic rings. The Bertz CT molecular complexity index is 533. The van der Waals surface area contributed by atoms with Gasteiger partial charge in [0.2, 0.25) is 0 Å². The molecule has 18 heavy (non-hydrogen) atoms. The summed E-state index contributed by atoms with van der Waals surface area (Å²) in [5.41, 5.74) is 1.40. The molecule has 0 N–H and O–H groups in total. The van der Waals surface area contributed by atoms with E-state index in [4.69, 9.17) is 23.2 Å². The zero-order valence-electron chi connectivity index (χ0n) is 9.45. The van der Waals surface area contributed by atoms with Gasteiger partial charge in [-0.1, -0.05) is 41.9 Å². The van der Waals surface area contributed by atoms with E-state index in [9.17, 15) is 0 Å². The molecule has 1 saturated carbocycles. The fourth-order valence-corrected chi connectivity index (χ4v) is 4.60. The lowest BCUT2D eigenvalue weighted by atomic mass is 10.1. The Balaban J connectivity index is 1.75. The first kappa shape index (κ1) is 13.0. The van der Waals surface area contributed by atoms with Crippen LogP contribution in [-0.2, 0) is 0 Å². The molecule has 0 amide bonds. The summed E-state index contributed by atoms with van der Waals surface area (Å²) in [4.78, 5) is 1.16. The minimum atomic E-state index is 0.0732. The summed E-state index contributed by atoms with van der Waals surface area (Å²) in [6, 6.07) is 12.6. The molecule has 4 heteroatoms. The van der Waals surface area contributed by atoms with E-state index < -0.39 is 0 Å². The smallest absolute Gasteiger partial charge is 0.107 e. The van der Waals surface area contributed by atoms with Gasteiger partial charge in [-0.25, -0.2) is 0 Å². The lowest BCUT2D eigenvalue weighted by Crippen LogP contribution is -1.92. The van der Waals surface area contributed by atoms with Crippen molar-refractivity contribution in [2.24, 2.45) is 5.92 Å². The third-order valence-electron chi connectivity index (χ3n) is 3.38. The van der Waals surface area contributed by atoms with Gasteiger partial charge in [0.15, 0.2) is 0 Å². The molecule has 0 radical (unpaired) electrons. The van der Waals surface area contributed by atoms with Crippen molar-refractivity contribution in [1.29, 1.82) is 0 Å². The van der Waals surface area contributed by atoms with E-state index in [1.165, 1.54) is 12.0 Å². The zero-order valence-corrected chi connectivity index (χ0v) is 13.4. The summed E-state index contributed by atoms with van der Waals surface area (Å²) in [6.45, 7) is 0. The van der Waals surface area contributed by atoms with Gasteiger partial charge in [-0.3, -0.25) is 0 Å². The van der Waals surface area contributed by atoms with Crippen LogP contribution in [0.1, 0.15) is 28.2 Å². The van der Waals surface area contributed by atoms with Crippen molar-refractivity contribution < 1.29 is 0 Å². The van der Waals surface area contributed by atoms with E-state index in [0.717, 1.165) is 13.7 Å². The molecule has 3 rings (SSSR count). The number of hydrogen-bond acceptors (Lipinski definition) is 1. The highest BCUT2D eigenvalue weighted by molar-refractivity contribution is 9.10. The molecule has 1 aromatic heterocycles. The summed E-state index contributed by atoms with van der Waals surface area (Å²) in [6.07, 6.45) is 1.17. The number of hydrogen-bond donors (Lipinski definition) is 0. The van der Waals surface area contributed by atoms with Gasteiger partial charge in [-0.15, -0.1) is 22.9 Å². The maximum atomic E-state index is 6.56. The van der Waals surface area contributed by atoms with Crippen molar-refractivity contribution in [1.82, 2.24) is 0 Å².